The Kier molecular flexibility index (Phi) is 28.0. The molecular weight excluding hydrogens is 1560 g/mol. The van der Waals surface area contributed by atoms with Crippen molar-refractivity contribution in [2.24, 2.45) is 28.4 Å². The van der Waals surface area contributed by atoms with Crippen LogP contribution in [0.3, 0.4) is 0 Å². The molecule has 4 saturated carbocycles. The third-order valence-corrected chi connectivity index (χ3v) is 25.1. The highest BCUT2D eigenvalue weighted by Crippen LogP contribution is 2.71. The Hall–Kier alpha value is -8.65. The summed E-state index contributed by atoms with van der Waals surface area (Å²) in [5.41, 5.74) is 16.4. The summed E-state index contributed by atoms with van der Waals surface area (Å²) in [6.07, 6.45) is 13.8. The largest absolute Gasteiger partial charge is 0.586 e. The van der Waals surface area contributed by atoms with Gasteiger partial charge in [0.15, 0.2) is 34.7 Å². The van der Waals surface area contributed by atoms with E-state index in [0.29, 0.717) is 57.9 Å². The number of nitrogens with two attached hydrogens (primary N) is 1. The average Bonchev–Trinajstić information content (AvgIpc) is 1.55. The first-order valence-electron chi connectivity index (χ1n) is 41.5. The van der Waals surface area contributed by atoms with Crippen LogP contribution in [0.2, 0.25) is 0 Å². The molecule has 0 spiro atoms. The summed E-state index contributed by atoms with van der Waals surface area (Å²) in [5, 5.41) is 14.7. The maximum absolute atomic E-state index is 14.3. The fraction of sp³-hybridized carbons (Fsp3) is 0.581. The number of alkyl halides is 2. The predicted octanol–water partition coefficient (Wildman–Crippen LogP) is 22.8. The molecule has 650 valence electrons. The summed E-state index contributed by atoms with van der Waals surface area (Å²) < 4.78 is 99.2. The van der Waals surface area contributed by atoms with Gasteiger partial charge in [0.1, 0.15) is 33.4 Å². The second kappa shape index (κ2) is 35.4. The zero-order valence-corrected chi connectivity index (χ0v) is 76.9. The monoisotopic (exact) mass is 1690 g/mol. The maximum atomic E-state index is 14.3. The highest BCUT2D eigenvalue weighted by molar-refractivity contribution is 7.84. The highest BCUT2D eigenvalue weighted by atomic mass is 32.2. The molecule has 6 atom stereocenters. The Morgan fingerprint density at radius 3 is 1.76 bits per heavy atom. The van der Waals surface area contributed by atoms with Gasteiger partial charge < -0.3 is 34.1 Å². The van der Waals surface area contributed by atoms with Crippen molar-refractivity contribution in [3.63, 3.8) is 0 Å². The van der Waals surface area contributed by atoms with E-state index in [4.69, 9.17) is 14.8 Å². The number of ether oxygens (including phenoxy) is 2. The number of carbonyl (C=O) groups is 3. The van der Waals surface area contributed by atoms with Crippen LogP contribution < -0.4 is 31.0 Å². The van der Waals surface area contributed by atoms with Gasteiger partial charge in [-0.15, -0.1) is 20.1 Å². The number of imidazole rings is 1. The molecule has 1 saturated heterocycles. The zero-order chi connectivity index (χ0) is 88.8. The van der Waals surface area contributed by atoms with E-state index in [1.807, 2.05) is 67.7 Å². The molecule has 0 radical (unpaired) electrons. The molecule has 0 bridgehead atoms. The lowest BCUT2D eigenvalue weighted by Crippen LogP contribution is -2.39. The number of rotatable bonds is 5. The molecular formula is C93H128F5N11O8S2. The maximum Gasteiger partial charge on any atom is 0.586 e. The Balaban J connectivity index is 0.000000156. The van der Waals surface area contributed by atoms with Gasteiger partial charge in [0.05, 0.1) is 52.1 Å². The molecule has 5 fully saturated rings. The average molecular weight is 1690 g/mol. The molecule has 9 heterocycles. The lowest BCUT2D eigenvalue weighted by atomic mass is 9.76. The van der Waals surface area contributed by atoms with Gasteiger partial charge >= 0.3 is 6.29 Å². The molecule has 26 heteroatoms. The molecule has 7 aliphatic rings. The van der Waals surface area contributed by atoms with Gasteiger partial charge in [-0.1, -0.05) is 215 Å². The van der Waals surface area contributed by atoms with E-state index in [1.54, 1.807) is 46.2 Å². The van der Waals surface area contributed by atoms with Crippen LogP contribution >= 0.6 is 11.3 Å². The number of pyridine rings is 2. The Bertz CT molecular complexity index is 5140. The number of primary amides is 1. The smallest absolute Gasteiger partial charge is 0.395 e. The highest BCUT2D eigenvalue weighted by Gasteiger charge is 2.62. The van der Waals surface area contributed by atoms with Crippen molar-refractivity contribution in [2.75, 3.05) is 11.3 Å². The number of aromatic nitrogens is 7. The number of benzene rings is 3. The Morgan fingerprint density at radius 1 is 0.664 bits per heavy atom. The number of thiazole rings is 1. The van der Waals surface area contributed by atoms with Crippen molar-refractivity contribution < 1.29 is 59.1 Å². The third-order valence-electron chi connectivity index (χ3n) is 22.7. The number of halogens is 5. The Morgan fingerprint density at radius 2 is 1.29 bits per heavy atom. The molecule has 3 aromatic carbocycles. The van der Waals surface area contributed by atoms with Crippen molar-refractivity contribution >= 4 is 67.6 Å². The van der Waals surface area contributed by atoms with Crippen LogP contribution in [0.5, 0.6) is 11.5 Å². The standard InChI is InChI=1S/C16H20F2N2.C14H17NOS.C13H19N3O.C11H11F3O2.C11H17NO.C10H18.C9H14N2O2.C9H12N2OS/c1-16(2,3)15-19-12-9-8-11(17)13(18)14(12)20(15)10-6-4-5-7-10;1-14(2,3)12-7-8-15-13-9-10(17(4)16)5-6-11(12)13;1-9-8-11(17)15-16(9)12-10(13(2,3)4)6-5-7-14-12;1-10(2,3)6-4-8-9(5-7(6)12)16-11(13,14)15-8;1-7-5-8(7)9-6-10(13-12-9)11(2,3)4;1-9(2,3)10-6-4-5-8(10)7-10;1-5-6(8(10)12)7(13-11-5)9(2,3)4;1-9(2,3)8-11-5-4-10-7(12)6(5)13-8/h8-10H,4-7H2,1-3H3;5-9H,1-4H3;5-7,9H,8H2,1-4H3,(H,15,17);4-5H,1-3H3;6-8H,5H2,1-4H3;8H,4-7H2,1-3H3;1-4H3,(H2,10,12);4H2,1-3H3,(H,10,12). The summed E-state index contributed by atoms with van der Waals surface area (Å²) in [6.45, 7) is 57.0. The van der Waals surface area contributed by atoms with E-state index in [1.165, 1.54) is 55.1 Å². The topological polar surface area (TPSA) is 249 Å². The van der Waals surface area contributed by atoms with Crippen LogP contribution in [-0.4, -0.2) is 75.3 Å². The van der Waals surface area contributed by atoms with Crippen LogP contribution in [0.1, 0.15) is 332 Å². The molecule has 4 aliphatic carbocycles. The SMILES string of the molecule is CC(C)(C)C12CCCC1C2.CC(C)(C)c1cc2c(cc1F)OC(F)(F)O2.CC(C)(C)c1nc2c(s1)C(=O)NC2.CC(C)(C)c1nc2ccc(F)c(F)c2n1C1CCCC1.CC1CC(=O)NN1c1ncccc1C(C)(C)C.CC1CC1c1cc(C(C)(C)C)on1.CS(=O)c1ccc2c(C(C)(C)C)ccnc2c1.Cc1noc(C(C)(C)C)c1C(N)=O. The normalized spacial score (nSPS) is 20.0. The minimum Gasteiger partial charge on any atom is -0.395 e. The van der Waals surface area contributed by atoms with Gasteiger partial charge in [0, 0.05) is 91.0 Å². The number of fused-ring (bicyclic) bond motifs is 5. The van der Waals surface area contributed by atoms with Crippen molar-refractivity contribution in [3.8, 4) is 11.5 Å². The van der Waals surface area contributed by atoms with E-state index >= 15 is 0 Å². The van der Waals surface area contributed by atoms with Crippen LogP contribution in [0.15, 0.2) is 93.1 Å². The first-order chi connectivity index (χ1) is 54.7. The number of aryl methyl sites for hydroxylation is 1. The van der Waals surface area contributed by atoms with Gasteiger partial charge in [-0.2, -0.15) is 0 Å². The second-order valence-electron chi connectivity index (χ2n) is 40.9. The molecule has 6 aromatic heterocycles. The number of hydrogen-bond acceptors (Lipinski definition) is 16. The van der Waals surface area contributed by atoms with Crippen molar-refractivity contribution in [1.82, 2.24) is 45.6 Å². The van der Waals surface area contributed by atoms with Gasteiger partial charge in [-0.3, -0.25) is 34.0 Å². The van der Waals surface area contributed by atoms with Crippen LogP contribution in [0.25, 0.3) is 21.9 Å². The van der Waals surface area contributed by atoms with E-state index < -0.39 is 45.9 Å². The second-order valence-corrected chi connectivity index (χ2v) is 43.3. The molecule has 3 amide bonds. The number of carbonyl (C=O) groups excluding carboxylic acids is 3. The van der Waals surface area contributed by atoms with E-state index in [0.717, 1.165) is 115 Å². The summed E-state index contributed by atoms with van der Waals surface area (Å²) in [6, 6.07) is 19.4. The lowest BCUT2D eigenvalue weighted by Gasteiger charge is -2.29. The quantitative estimate of drug-likeness (QED) is 0.136. The minimum atomic E-state index is -3.70. The third kappa shape index (κ3) is 22.8. The minimum absolute atomic E-state index is 0.0105. The van der Waals surface area contributed by atoms with E-state index in [-0.39, 0.29) is 67.9 Å². The van der Waals surface area contributed by atoms with E-state index in [9.17, 15) is 40.5 Å². The summed E-state index contributed by atoms with van der Waals surface area (Å²) in [5.74, 6) is 2.93. The number of nitrogens with zero attached hydrogens (tertiary/aromatic N) is 8. The molecule has 19 nitrogen and oxygen atoms in total. The van der Waals surface area contributed by atoms with E-state index in [2.05, 4.69) is 200 Å². The molecule has 119 heavy (non-hydrogen) atoms. The molecule has 9 aromatic rings. The van der Waals surface area contributed by atoms with Gasteiger partial charge in [-0.05, 0) is 145 Å². The molecule has 3 aliphatic heterocycles. The summed E-state index contributed by atoms with van der Waals surface area (Å²) in [4.78, 5) is 53.2. The van der Waals surface area contributed by atoms with Crippen molar-refractivity contribution in [2.45, 2.75) is 325 Å². The van der Waals surface area contributed by atoms with Gasteiger partial charge in [-0.25, -0.2) is 28.1 Å². The number of nitrogens with one attached hydrogen (secondary N) is 2. The first kappa shape index (κ1) is 94.2. The first-order valence-corrected chi connectivity index (χ1v) is 43.9. The zero-order valence-electron chi connectivity index (χ0n) is 75.3. The van der Waals surface area contributed by atoms with Gasteiger partial charge in [0.2, 0.25) is 5.91 Å². The number of amides is 3. The predicted molar refractivity (Wildman–Crippen MR) is 464 cm³/mol. The number of anilines is 1. The van der Waals surface area contributed by atoms with Crippen LogP contribution in [-0.2, 0) is 60.0 Å². The number of hydrogen-bond donors (Lipinski definition) is 3. The summed E-state index contributed by atoms with van der Waals surface area (Å²) >= 11 is 1.51. The lowest BCUT2D eigenvalue weighted by molar-refractivity contribution is -0.286. The fourth-order valence-corrected chi connectivity index (χ4v) is 17.3. The van der Waals surface area contributed by atoms with Crippen LogP contribution in [0.4, 0.5) is 27.8 Å². The van der Waals surface area contributed by atoms with Crippen LogP contribution in [0, 0.1) is 47.0 Å². The number of hydrazine groups is 1. The molecule has 4 N–H and O–H groups in total. The van der Waals surface area contributed by atoms with Crippen molar-refractivity contribution in [1.29, 1.82) is 0 Å². The summed E-state index contributed by atoms with van der Waals surface area (Å²) in [7, 11) is -0.953. The Labute approximate surface area is 707 Å². The molecule has 16 rings (SSSR count). The van der Waals surface area contributed by atoms with Crippen molar-refractivity contribution in [3.05, 3.63) is 163 Å². The molecule has 6 unspecified atom stereocenters. The van der Waals surface area contributed by atoms with Gasteiger partial charge in [0.25, 0.3) is 11.8 Å². The fourth-order valence-electron chi connectivity index (χ4n) is 15.7.